The van der Waals surface area contributed by atoms with Gasteiger partial charge in [0.1, 0.15) is 42.3 Å². The van der Waals surface area contributed by atoms with E-state index in [9.17, 15) is 63.3 Å². The van der Waals surface area contributed by atoms with Gasteiger partial charge in [0.15, 0.2) is 5.96 Å². The largest absolute Gasteiger partial charge is 0.480 e. The molecule has 0 aliphatic carbocycles. The van der Waals surface area contributed by atoms with Crippen molar-refractivity contribution in [2.24, 2.45) is 39.6 Å². The number of carbonyl (C=O) groups excluding carboxylic acids is 9. The third-order valence-electron chi connectivity index (χ3n) is 10.7. The van der Waals surface area contributed by atoms with Gasteiger partial charge in [-0.3, -0.25) is 48.1 Å². The molecular formula is C43H72N14O13. The van der Waals surface area contributed by atoms with Gasteiger partial charge in [0.25, 0.3) is 0 Å². The lowest BCUT2D eigenvalue weighted by molar-refractivity contribution is -0.142. The monoisotopic (exact) mass is 993 g/mol. The van der Waals surface area contributed by atoms with Crippen LogP contribution in [0.25, 0.3) is 0 Å². The molecule has 0 aliphatic rings. The van der Waals surface area contributed by atoms with Gasteiger partial charge < -0.3 is 86.5 Å². The number of unbranched alkanes of at least 4 members (excludes halogenated alkanes) is 1. The lowest BCUT2D eigenvalue weighted by atomic mass is 9.97. The average Bonchev–Trinajstić information content (AvgIpc) is 3.30. The maximum absolute atomic E-state index is 13.9. The second-order valence-electron chi connectivity index (χ2n) is 16.6. The molecule has 0 radical (unpaired) electrons. The maximum Gasteiger partial charge on any atom is 0.326 e. The average molecular weight is 993 g/mol. The standard InChI is InChI=1S/C43H72N14O13/c1-5-22(2)33(40(67)55-30(21-58)39(66)51-23(3)35(62)53-28(42(69)70)15-11-17-49-43(47)48)57-38(65)27(14-9-10-16-44)52-41(68)34(24(4)59)56-32(61)20-50-37(64)29(18-25-12-7-6-8-13-25)54-36(63)26(45)19-31(46)60/h6-8,12-13,22-24,26-30,33-34,58-59H,5,9-11,14-21,44-45H2,1-4H3,(H2,46,60)(H,50,64)(H,51,66)(H,52,68)(H,53,62)(H,54,63)(H,55,67)(H,56,61)(H,57,65)(H,69,70)(H4,47,48,49)/t22-,23-,24+,26-,27-,28-,29-,30-,33-,34-/m0/s1. The molecule has 0 unspecified atom stereocenters. The number of aliphatic hydroxyl groups excluding tert-OH is 2. The van der Waals surface area contributed by atoms with Gasteiger partial charge >= 0.3 is 5.97 Å². The van der Waals surface area contributed by atoms with E-state index in [1.807, 2.05) is 0 Å². The topological polar surface area (TPSA) is 470 Å². The molecule has 0 saturated heterocycles. The number of primary amides is 1. The fraction of sp³-hybridized carbons (Fsp3) is 0.605. The highest BCUT2D eigenvalue weighted by Gasteiger charge is 2.35. The van der Waals surface area contributed by atoms with Gasteiger partial charge in [0.2, 0.25) is 53.2 Å². The number of nitrogens with one attached hydrogen (secondary N) is 8. The van der Waals surface area contributed by atoms with E-state index in [1.165, 1.54) is 13.8 Å². The van der Waals surface area contributed by atoms with E-state index >= 15 is 0 Å². The molecular weight excluding hydrogens is 921 g/mol. The van der Waals surface area contributed by atoms with Gasteiger partial charge in [-0.2, -0.15) is 0 Å². The summed E-state index contributed by atoms with van der Waals surface area (Å²) < 4.78 is 0. The van der Waals surface area contributed by atoms with Crippen LogP contribution in [-0.4, -0.2) is 161 Å². The molecule has 70 heavy (non-hydrogen) atoms. The number of nitrogens with two attached hydrogens (primary N) is 5. The van der Waals surface area contributed by atoms with Crippen LogP contribution in [0.1, 0.15) is 78.2 Å². The quantitative estimate of drug-likeness (QED) is 0.0177. The Balaban J connectivity index is 3.14. The molecule has 1 rings (SSSR count). The van der Waals surface area contributed by atoms with Crippen molar-refractivity contribution in [3.8, 4) is 0 Å². The van der Waals surface area contributed by atoms with Crippen LogP contribution in [0.15, 0.2) is 35.3 Å². The van der Waals surface area contributed by atoms with Crippen LogP contribution in [0.4, 0.5) is 0 Å². The van der Waals surface area contributed by atoms with Crippen molar-refractivity contribution in [3.05, 3.63) is 35.9 Å². The number of carboxylic acids is 1. The summed E-state index contributed by atoms with van der Waals surface area (Å²) in [5, 5.41) is 49.3. The minimum Gasteiger partial charge on any atom is -0.480 e. The number of guanidine groups is 1. The number of carbonyl (C=O) groups is 10. The lowest BCUT2D eigenvalue weighted by Gasteiger charge is -2.29. The summed E-state index contributed by atoms with van der Waals surface area (Å²) in [7, 11) is 0. The minimum atomic E-state index is -1.69. The highest BCUT2D eigenvalue weighted by atomic mass is 16.4. The van der Waals surface area contributed by atoms with Gasteiger partial charge in [0, 0.05) is 13.0 Å². The van der Waals surface area contributed by atoms with Crippen molar-refractivity contribution in [1.29, 1.82) is 0 Å². The number of nitrogens with zero attached hydrogens (tertiary/aromatic N) is 1. The molecule has 0 aliphatic heterocycles. The summed E-state index contributed by atoms with van der Waals surface area (Å²) in [5.74, 6) is -10.4. The SMILES string of the molecule is CC[C@H](C)[C@H](NC(=O)[C@H](CCCCN)NC(=O)[C@@H](NC(=O)CNC(=O)[C@H](Cc1ccccc1)NC(=O)[C@@H](N)CC(N)=O)[C@@H](C)O)C(=O)N[C@@H](CO)C(=O)N[C@@H](C)C(=O)N[C@@H](CCCN=C(N)N)C(=O)O. The predicted octanol–water partition coefficient (Wildman–Crippen LogP) is -6.35. The fourth-order valence-electron chi connectivity index (χ4n) is 6.44. The summed E-state index contributed by atoms with van der Waals surface area (Å²) in [6.45, 7) is 4.37. The smallest absolute Gasteiger partial charge is 0.326 e. The van der Waals surface area contributed by atoms with Crippen LogP contribution in [-0.2, 0) is 54.4 Å². The molecule has 0 aromatic heterocycles. The number of benzene rings is 1. The molecule has 27 heteroatoms. The van der Waals surface area contributed by atoms with Gasteiger partial charge in [0.05, 0.1) is 31.7 Å². The van der Waals surface area contributed by atoms with Crippen LogP contribution < -0.4 is 71.2 Å². The molecule has 0 spiro atoms. The molecule has 21 N–H and O–H groups in total. The molecule has 27 nitrogen and oxygen atoms in total. The van der Waals surface area contributed by atoms with Gasteiger partial charge in [-0.1, -0.05) is 50.6 Å². The highest BCUT2D eigenvalue weighted by Crippen LogP contribution is 2.12. The molecule has 0 fully saturated rings. The van der Waals surface area contributed by atoms with Crippen molar-refractivity contribution in [1.82, 2.24) is 42.5 Å². The Labute approximate surface area is 405 Å². The Morgan fingerprint density at radius 1 is 0.657 bits per heavy atom. The molecule has 0 bridgehead atoms. The van der Waals surface area contributed by atoms with Crippen molar-refractivity contribution < 1.29 is 63.3 Å². The molecule has 1 aromatic carbocycles. The van der Waals surface area contributed by atoms with E-state index in [0.717, 1.165) is 0 Å². The zero-order valence-electron chi connectivity index (χ0n) is 39.9. The summed E-state index contributed by atoms with van der Waals surface area (Å²) in [6.07, 6.45) is -0.960. The fourth-order valence-corrected chi connectivity index (χ4v) is 6.44. The molecule has 0 heterocycles. The van der Waals surface area contributed by atoms with Crippen LogP contribution in [0, 0.1) is 5.92 Å². The third kappa shape index (κ3) is 22.9. The van der Waals surface area contributed by atoms with E-state index in [-0.39, 0.29) is 44.7 Å². The second kappa shape index (κ2) is 32.0. The van der Waals surface area contributed by atoms with Crippen molar-refractivity contribution >= 4 is 65.1 Å². The number of aliphatic carboxylic acids is 1. The van der Waals surface area contributed by atoms with Gasteiger partial charge in [-0.25, -0.2) is 4.79 Å². The normalized spacial score (nSPS) is 15.2. The van der Waals surface area contributed by atoms with Crippen LogP contribution >= 0.6 is 0 Å². The molecule has 392 valence electrons. The number of hydrogen-bond donors (Lipinski definition) is 16. The van der Waals surface area contributed by atoms with E-state index in [0.29, 0.717) is 24.8 Å². The Bertz CT molecular complexity index is 1950. The summed E-state index contributed by atoms with van der Waals surface area (Å²) in [6, 6.07) is -2.92. The first-order chi connectivity index (χ1) is 32.9. The highest BCUT2D eigenvalue weighted by molar-refractivity contribution is 5.98. The third-order valence-corrected chi connectivity index (χ3v) is 10.7. The lowest BCUT2D eigenvalue weighted by Crippen LogP contribution is -2.61. The van der Waals surface area contributed by atoms with E-state index < -0.39 is 139 Å². The van der Waals surface area contributed by atoms with E-state index in [1.54, 1.807) is 44.2 Å². The minimum absolute atomic E-state index is 0.0294. The maximum atomic E-state index is 13.9. The Morgan fingerprint density at radius 3 is 1.79 bits per heavy atom. The first kappa shape index (κ1) is 61.0. The first-order valence-corrected chi connectivity index (χ1v) is 22.7. The summed E-state index contributed by atoms with van der Waals surface area (Å²) >= 11 is 0. The predicted molar refractivity (Wildman–Crippen MR) is 253 cm³/mol. The molecule has 10 atom stereocenters. The molecule has 0 saturated carbocycles. The van der Waals surface area contributed by atoms with Crippen molar-refractivity contribution in [2.75, 3.05) is 26.2 Å². The number of carboxylic acid groups (broad SMARTS) is 1. The van der Waals surface area contributed by atoms with Crippen molar-refractivity contribution in [3.63, 3.8) is 0 Å². The van der Waals surface area contributed by atoms with E-state index in [2.05, 4.69) is 47.5 Å². The number of aliphatic hydroxyl groups is 2. The van der Waals surface area contributed by atoms with Crippen LogP contribution in [0.3, 0.4) is 0 Å². The zero-order valence-corrected chi connectivity index (χ0v) is 39.9. The molecule has 1 aromatic rings. The zero-order chi connectivity index (χ0) is 53.1. The van der Waals surface area contributed by atoms with Crippen LogP contribution in [0.2, 0.25) is 0 Å². The summed E-state index contributed by atoms with van der Waals surface area (Å²) in [5.41, 5.74) is 27.7. The first-order valence-electron chi connectivity index (χ1n) is 22.7. The number of rotatable bonds is 33. The number of hydrogen-bond acceptors (Lipinski definition) is 15. The van der Waals surface area contributed by atoms with Crippen molar-refractivity contribution in [2.45, 2.75) is 134 Å². The van der Waals surface area contributed by atoms with Crippen LogP contribution in [0.5, 0.6) is 0 Å². The summed E-state index contributed by atoms with van der Waals surface area (Å²) in [4.78, 5) is 133. The Hall–Kier alpha value is -6.97. The second-order valence-corrected chi connectivity index (χ2v) is 16.6. The number of amides is 9. The Morgan fingerprint density at radius 2 is 1.23 bits per heavy atom. The number of aliphatic imine (C=N–C) groups is 1. The Kier molecular flexibility index (Phi) is 27.9. The molecule has 9 amide bonds. The van der Waals surface area contributed by atoms with E-state index in [4.69, 9.17) is 28.7 Å². The van der Waals surface area contributed by atoms with Gasteiger partial charge in [-0.05, 0) is 64.0 Å². The van der Waals surface area contributed by atoms with Gasteiger partial charge in [-0.15, -0.1) is 0 Å².